The van der Waals surface area contributed by atoms with Gasteiger partial charge < -0.3 is 5.32 Å². The highest BCUT2D eigenvalue weighted by Crippen LogP contribution is 2.15. The molecule has 0 radical (unpaired) electrons. The quantitative estimate of drug-likeness (QED) is 0.684. The zero-order chi connectivity index (χ0) is 9.64. The van der Waals surface area contributed by atoms with Crippen molar-refractivity contribution in [3.63, 3.8) is 0 Å². The van der Waals surface area contributed by atoms with E-state index in [0.717, 1.165) is 5.92 Å². The molecule has 2 heteroatoms. The molecule has 2 aliphatic rings. The predicted octanol–water partition coefficient (Wildman–Crippen LogP) is 1.64. The Morgan fingerprint density at radius 1 is 1.36 bits per heavy atom. The molecule has 0 bridgehead atoms. The van der Waals surface area contributed by atoms with Crippen molar-refractivity contribution < 1.29 is 0 Å². The first-order valence-corrected chi connectivity index (χ1v) is 6.03. The Kier molecular flexibility index (Phi) is 4.02. The van der Waals surface area contributed by atoms with E-state index in [1.807, 2.05) is 0 Å². The molecule has 1 atom stereocenters. The van der Waals surface area contributed by atoms with E-state index < -0.39 is 0 Å². The summed E-state index contributed by atoms with van der Waals surface area (Å²) in [5, 5.41) is 3.44. The fraction of sp³-hybridized carbons (Fsp3) is 0.833. The van der Waals surface area contributed by atoms with Crippen molar-refractivity contribution >= 4 is 0 Å². The minimum atomic E-state index is 0.968. The highest BCUT2D eigenvalue weighted by atomic mass is 15.1. The molecule has 2 heterocycles. The van der Waals surface area contributed by atoms with Crippen LogP contribution in [0.15, 0.2) is 12.2 Å². The summed E-state index contributed by atoms with van der Waals surface area (Å²) in [6, 6.07) is 0. The van der Waals surface area contributed by atoms with E-state index in [2.05, 4.69) is 22.4 Å². The molecule has 0 aromatic rings. The largest absolute Gasteiger partial charge is 0.316 e. The molecule has 0 aliphatic carbocycles. The minimum Gasteiger partial charge on any atom is -0.316 e. The van der Waals surface area contributed by atoms with Crippen molar-refractivity contribution in [2.75, 3.05) is 32.7 Å². The molecular weight excluding hydrogens is 172 g/mol. The topological polar surface area (TPSA) is 15.3 Å². The van der Waals surface area contributed by atoms with Gasteiger partial charge in [0.25, 0.3) is 0 Å². The maximum atomic E-state index is 3.44. The van der Waals surface area contributed by atoms with E-state index in [0.29, 0.717) is 0 Å². The lowest BCUT2D eigenvalue weighted by Gasteiger charge is -2.23. The van der Waals surface area contributed by atoms with Crippen LogP contribution in [-0.4, -0.2) is 37.6 Å². The Labute approximate surface area is 87.4 Å². The van der Waals surface area contributed by atoms with Crippen molar-refractivity contribution in [1.82, 2.24) is 10.2 Å². The average Bonchev–Trinajstić information content (AvgIpc) is 2.72. The van der Waals surface area contributed by atoms with Crippen LogP contribution in [0.1, 0.15) is 25.7 Å². The van der Waals surface area contributed by atoms with Crippen molar-refractivity contribution in [1.29, 1.82) is 0 Å². The first-order valence-electron chi connectivity index (χ1n) is 6.03. The van der Waals surface area contributed by atoms with Gasteiger partial charge >= 0.3 is 0 Å². The molecule has 80 valence electrons. The molecule has 0 amide bonds. The summed E-state index contributed by atoms with van der Waals surface area (Å²) in [7, 11) is 0. The van der Waals surface area contributed by atoms with Gasteiger partial charge in [0.05, 0.1) is 0 Å². The number of hydrogen-bond acceptors (Lipinski definition) is 2. The summed E-state index contributed by atoms with van der Waals surface area (Å²) in [6.45, 7) is 6.28. The van der Waals surface area contributed by atoms with Gasteiger partial charge in [0, 0.05) is 13.1 Å². The monoisotopic (exact) mass is 194 g/mol. The SMILES string of the molecule is C1=CCN(CCCC2CCNC2)CC1. The highest BCUT2D eigenvalue weighted by molar-refractivity contribution is 4.90. The van der Waals surface area contributed by atoms with Crippen LogP contribution >= 0.6 is 0 Å². The van der Waals surface area contributed by atoms with E-state index in [4.69, 9.17) is 0 Å². The van der Waals surface area contributed by atoms with Gasteiger partial charge in [0.1, 0.15) is 0 Å². The second kappa shape index (κ2) is 5.52. The number of hydrogen-bond donors (Lipinski definition) is 1. The van der Waals surface area contributed by atoms with Gasteiger partial charge in [-0.2, -0.15) is 0 Å². The molecule has 0 saturated carbocycles. The van der Waals surface area contributed by atoms with Crippen LogP contribution in [0, 0.1) is 5.92 Å². The van der Waals surface area contributed by atoms with Crippen LogP contribution < -0.4 is 5.32 Å². The Hall–Kier alpha value is -0.340. The molecule has 14 heavy (non-hydrogen) atoms. The molecule has 2 rings (SSSR count). The lowest BCUT2D eigenvalue weighted by molar-refractivity contribution is 0.284. The van der Waals surface area contributed by atoms with Gasteiger partial charge in [0.2, 0.25) is 0 Å². The maximum Gasteiger partial charge on any atom is 0.0163 e. The minimum absolute atomic E-state index is 0.968. The van der Waals surface area contributed by atoms with Gasteiger partial charge in [-0.15, -0.1) is 0 Å². The summed E-state index contributed by atoms with van der Waals surface area (Å²) in [4.78, 5) is 2.57. The normalized spacial score (nSPS) is 28.4. The Balaban J connectivity index is 1.55. The van der Waals surface area contributed by atoms with E-state index in [1.54, 1.807) is 0 Å². The summed E-state index contributed by atoms with van der Waals surface area (Å²) in [5.74, 6) is 0.968. The molecular formula is C12H22N2. The average molecular weight is 194 g/mol. The summed E-state index contributed by atoms with van der Waals surface area (Å²) < 4.78 is 0. The Bertz CT molecular complexity index is 183. The predicted molar refractivity (Wildman–Crippen MR) is 60.4 cm³/mol. The summed E-state index contributed by atoms with van der Waals surface area (Å²) >= 11 is 0. The highest BCUT2D eigenvalue weighted by Gasteiger charge is 2.14. The van der Waals surface area contributed by atoms with Crippen LogP contribution in [0.25, 0.3) is 0 Å². The second-order valence-corrected chi connectivity index (χ2v) is 4.56. The van der Waals surface area contributed by atoms with Gasteiger partial charge in [-0.25, -0.2) is 0 Å². The number of rotatable bonds is 4. The van der Waals surface area contributed by atoms with Crippen molar-refractivity contribution in [3.8, 4) is 0 Å². The molecule has 0 spiro atoms. The van der Waals surface area contributed by atoms with E-state index in [1.165, 1.54) is 58.4 Å². The first-order chi connectivity index (χ1) is 6.95. The van der Waals surface area contributed by atoms with Crippen molar-refractivity contribution in [2.45, 2.75) is 25.7 Å². The Morgan fingerprint density at radius 2 is 2.36 bits per heavy atom. The molecule has 1 fully saturated rings. The zero-order valence-corrected chi connectivity index (χ0v) is 9.04. The third-order valence-electron chi connectivity index (χ3n) is 3.39. The van der Waals surface area contributed by atoms with Crippen LogP contribution in [0.5, 0.6) is 0 Å². The van der Waals surface area contributed by atoms with E-state index >= 15 is 0 Å². The van der Waals surface area contributed by atoms with E-state index in [9.17, 15) is 0 Å². The zero-order valence-electron chi connectivity index (χ0n) is 9.04. The van der Waals surface area contributed by atoms with Gasteiger partial charge in [-0.1, -0.05) is 12.2 Å². The molecule has 2 aliphatic heterocycles. The Morgan fingerprint density at radius 3 is 3.07 bits per heavy atom. The van der Waals surface area contributed by atoms with Gasteiger partial charge in [-0.3, -0.25) is 4.90 Å². The summed E-state index contributed by atoms with van der Waals surface area (Å²) in [5.41, 5.74) is 0. The molecule has 1 N–H and O–H groups in total. The fourth-order valence-electron chi connectivity index (χ4n) is 2.46. The molecule has 0 aromatic heterocycles. The number of nitrogens with one attached hydrogen (secondary N) is 1. The van der Waals surface area contributed by atoms with Crippen LogP contribution in [0.3, 0.4) is 0 Å². The van der Waals surface area contributed by atoms with Crippen molar-refractivity contribution in [3.05, 3.63) is 12.2 Å². The van der Waals surface area contributed by atoms with E-state index in [-0.39, 0.29) is 0 Å². The maximum absolute atomic E-state index is 3.44. The third kappa shape index (κ3) is 3.10. The lowest BCUT2D eigenvalue weighted by Crippen LogP contribution is -2.28. The molecule has 1 saturated heterocycles. The summed E-state index contributed by atoms with van der Waals surface area (Å²) in [6.07, 6.45) is 10.1. The fourth-order valence-corrected chi connectivity index (χ4v) is 2.46. The van der Waals surface area contributed by atoms with Crippen molar-refractivity contribution in [2.24, 2.45) is 5.92 Å². The third-order valence-corrected chi connectivity index (χ3v) is 3.39. The molecule has 1 unspecified atom stereocenters. The lowest BCUT2D eigenvalue weighted by atomic mass is 10.0. The standard InChI is InChI=1S/C12H22N2/c1-2-8-14(9-3-1)10-4-5-12-6-7-13-11-12/h1-2,12-13H,3-11H2. The van der Waals surface area contributed by atoms with Crippen LogP contribution in [0.4, 0.5) is 0 Å². The smallest absolute Gasteiger partial charge is 0.0163 e. The van der Waals surface area contributed by atoms with Gasteiger partial charge in [-0.05, 0) is 51.2 Å². The molecule has 2 nitrogen and oxygen atoms in total. The number of nitrogens with zero attached hydrogens (tertiary/aromatic N) is 1. The molecule has 0 aromatic carbocycles. The second-order valence-electron chi connectivity index (χ2n) is 4.56. The van der Waals surface area contributed by atoms with Crippen LogP contribution in [-0.2, 0) is 0 Å². The van der Waals surface area contributed by atoms with Gasteiger partial charge in [0.15, 0.2) is 0 Å². The first kappa shape index (κ1) is 10.2. The van der Waals surface area contributed by atoms with Crippen LogP contribution in [0.2, 0.25) is 0 Å².